The van der Waals surface area contributed by atoms with Gasteiger partial charge in [-0.2, -0.15) is 0 Å². The van der Waals surface area contributed by atoms with E-state index in [0.717, 1.165) is 0 Å². The maximum atomic E-state index is 12.6. The first-order valence-electron chi connectivity index (χ1n) is 6.65. The lowest BCUT2D eigenvalue weighted by molar-refractivity contribution is -0.111. The molecule has 1 aliphatic rings. The SMILES string of the molecule is COc1cccc(OC)c1C(=O)N1CC(O)(C(C)C)C1. The maximum absolute atomic E-state index is 12.6. The second-order valence-corrected chi connectivity index (χ2v) is 5.46. The van der Waals surface area contributed by atoms with Crippen molar-refractivity contribution < 1.29 is 19.4 Å². The molecule has 0 spiro atoms. The van der Waals surface area contributed by atoms with E-state index in [-0.39, 0.29) is 11.8 Å². The minimum absolute atomic E-state index is 0.117. The van der Waals surface area contributed by atoms with Crippen LogP contribution in [0.2, 0.25) is 0 Å². The van der Waals surface area contributed by atoms with E-state index in [1.54, 1.807) is 23.1 Å². The number of likely N-dealkylation sites (tertiary alicyclic amines) is 1. The van der Waals surface area contributed by atoms with Crippen molar-refractivity contribution in [2.45, 2.75) is 19.4 Å². The van der Waals surface area contributed by atoms with Crippen molar-refractivity contribution in [3.63, 3.8) is 0 Å². The highest BCUT2D eigenvalue weighted by Gasteiger charge is 2.46. The number of aliphatic hydroxyl groups is 1. The summed E-state index contributed by atoms with van der Waals surface area (Å²) in [5.41, 5.74) is -0.381. The smallest absolute Gasteiger partial charge is 0.261 e. The molecular formula is C15H21NO4. The molecule has 1 aliphatic heterocycles. The summed E-state index contributed by atoms with van der Waals surface area (Å²) >= 11 is 0. The molecule has 1 amide bonds. The first-order valence-corrected chi connectivity index (χ1v) is 6.65. The van der Waals surface area contributed by atoms with Crippen LogP contribution in [-0.4, -0.2) is 48.8 Å². The number of nitrogens with zero attached hydrogens (tertiary/aromatic N) is 1. The highest BCUT2D eigenvalue weighted by Crippen LogP contribution is 2.34. The van der Waals surface area contributed by atoms with Crippen LogP contribution in [0.1, 0.15) is 24.2 Å². The first kappa shape index (κ1) is 14.7. The number of carbonyl (C=O) groups is 1. The van der Waals surface area contributed by atoms with Gasteiger partial charge in [0.25, 0.3) is 5.91 Å². The van der Waals surface area contributed by atoms with Gasteiger partial charge in [0.1, 0.15) is 22.7 Å². The van der Waals surface area contributed by atoms with Crippen molar-refractivity contribution in [3.05, 3.63) is 23.8 Å². The lowest BCUT2D eigenvalue weighted by Gasteiger charge is -2.49. The Kier molecular flexibility index (Phi) is 3.90. The molecule has 1 aromatic carbocycles. The van der Waals surface area contributed by atoms with Crippen molar-refractivity contribution >= 4 is 5.91 Å². The average Bonchev–Trinajstić information content (AvgIpc) is 2.41. The topological polar surface area (TPSA) is 59.0 Å². The highest BCUT2D eigenvalue weighted by atomic mass is 16.5. The summed E-state index contributed by atoms with van der Waals surface area (Å²) in [6.07, 6.45) is 0. The minimum Gasteiger partial charge on any atom is -0.496 e. The Labute approximate surface area is 119 Å². The number of methoxy groups -OCH3 is 2. The summed E-state index contributed by atoms with van der Waals surface area (Å²) in [4.78, 5) is 14.2. The van der Waals surface area contributed by atoms with Crippen molar-refractivity contribution in [2.75, 3.05) is 27.3 Å². The summed E-state index contributed by atoms with van der Waals surface area (Å²) in [5, 5.41) is 10.3. The zero-order valence-corrected chi connectivity index (χ0v) is 12.3. The van der Waals surface area contributed by atoms with Crippen LogP contribution in [-0.2, 0) is 0 Å². The normalized spacial score (nSPS) is 16.8. The number of hydrogen-bond acceptors (Lipinski definition) is 4. The second-order valence-electron chi connectivity index (χ2n) is 5.46. The highest BCUT2D eigenvalue weighted by molar-refractivity contribution is 6.00. The van der Waals surface area contributed by atoms with Gasteiger partial charge >= 0.3 is 0 Å². The summed E-state index contributed by atoms with van der Waals surface area (Å²) in [6.45, 7) is 4.58. The Hall–Kier alpha value is -1.75. The van der Waals surface area contributed by atoms with Gasteiger partial charge in [-0.15, -0.1) is 0 Å². The Morgan fingerprint density at radius 3 is 2.15 bits per heavy atom. The molecule has 20 heavy (non-hydrogen) atoms. The molecule has 0 bridgehead atoms. The van der Waals surface area contributed by atoms with Crippen LogP contribution in [0, 0.1) is 5.92 Å². The van der Waals surface area contributed by atoms with Gasteiger partial charge < -0.3 is 19.5 Å². The van der Waals surface area contributed by atoms with Crippen molar-refractivity contribution in [1.29, 1.82) is 0 Å². The third-order valence-corrected chi connectivity index (χ3v) is 3.93. The third kappa shape index (κ3) is 2.33. The number of β-amino-alcohol motifs (C(OH)–C–C–N with tert-alkyl or cyclic N) is 1. The number of ether oxygens (including phenoxy) is 2. The standard InChI is InChI=1S/C15H21NO4/c1-10(2)15(18)8-16(9-15)14(17)13-11(19-3)6-5-7-12(13)20-4/h5-7,10,18H,8-9H2,1-4H3. The van der Waals surface area contributed by atoms with Gasteiger partial charge in [-0.1, -0.05) is 19.9 Å². The van der Waals surface area contributed by atoms with Gasteiger partial charge in [0.15, 0.2) is 0 Å². The fourth-order valence-electron chi connectivity index (χ4n) is 2.34. The van der Waals surface area contributed by atoms with E-state index in [9.17, 15) is 9.90 Å². The number of carbonyl (C=O) groups excluding carboxylic acids is 1. The summed E-state index contributed by atoms with van der Waals surface area (Å²) in [7, 11) is 3.04. The third-order valence-electron chi connectivity index (χ3n) is 3.93. The van der Waals surface area contributed by atoms with Crippen LogP contribution in [0.5, 0.6) is 11.5 Å². The van der Waals surface area contributed by atoms with Gasteiger partial charge in [0.05, 0.1) is 27.3 Å². The molecule has 5 heteroatoms. The number of amides is 1. The van der Waals surface area contributed by atoms with Crippen molar-refractivity contribution in [2.24, 2.45) is 5.92 Å². The fourth-order valence-corrected chi connectivity index (χ4v) is 2.34. The molecular weight excluding hydrogens is 258 g/mol. The monoisotopic (exact) mass is 279 g/mol. The molecule has 2 rings (SSSR count). The zero-order chi connectivity index (χ0) is 14.9. The zero-order valence-electron chi connectivity index (χ0n) is 12.3. The molecule has 1 N–H and O–H groups in total. The number of rotatable bonds is 4. The van der Waals surface area contributed by atoms with Crippen LogP contribution in [0.15, 0.2) is 18.2 Å². The molecule has 0 aromatic heterocycles. The van der Waals surface area contributed by atoms with Crippen LogP contribution >= 0.6 is 0 Å². The summed E-state index contributed by atoms with van der Waals surface area (Å²) < 4.78 is 10.5. The number of benzene rings is 1. The van der Waals surface area contributed by atoms with Gasteiger partial charge in [0.2, 0.25) is 0 Å². The largest absolute Gasteiger partial charge is 0.496 e. The molecule has 0 saturated carbocycles. The molecule has 1 saturated heterocycles. The molecule has 0 radical (unpaired) electrons. The van der Waals surface area contributed by atoms with E-state index >= 15 is 0 Å². The van der Waals surface area contributed by atoms with E-state index in [0.29, 0.717) is 30.2 Å². The van der Waals surface area contributed by atoms with Crippen molar-refractivity contribution in [1.82, 2.24) is 4.90 Å². The van der Waals surface area contributed by atoms with Gasteiger partial charge in [-0.05, 0) is 18.1 Å². The lowest BCUT2D eigenvalue weighted by Crippen LogP contribution is -2.66. The van der Waals surface area contributed by atoms with Crippen molar-refractivity contribution in [3.8, 4) is 11.5 Å². The molecule has 1 fully saturated rings. The van der Waals surface area contributed by atoms with Crippen LogP contribution in [0.4, 0.5) is 0 Å². The summed E-state index contributed by atoms with van der Waals surface area (Å²) in [6, 6.07) is 5.23. The minimum atomic E-state index is -0.787. The molecule has 0 unspecified atom stereocenters. The predicted molar refractivity (Wildman–Crippen MR) is 75.2 cm³/mol. The van der Waals surface area contributed by atoms with Crippen LogP contribution < -0.4 is 9.47 Å². The molecule has 110 valence electrons. The Bertz CT molecular complexity index is 484. The maximum Gasteiger partial charge on any atom is 0.261 e. The predicted octanol–water partition coefficient (Wildman–Crippen LogP) is 1.55. The molecule has 5 nitrogen and oxygen atoms in total. The molecule has 1 aromatic rings. The molecule has 1 heterocycles. The van der Waals surface area contributed by atoms with E-state index in [1.165, 1.54) is 14.2 Å². The quantitative estimate of drug-likeness (QED) is 0.908. The lowest BCUT2D eigenvalue weighted by atomic mass is 9.82. The van der Waals surface area contributed by atoms with Gasteiger partial charge in [-0.25, -0.2) is 0 Å². The Morgan fingerprint density at radius 2 is 1.75 bits per heavy atom. The Balaban J connectivity index is 2.23. The Morgan fingerprint density at radius 1 is 1.25 bits per heavy atom. The second kappa shape index (κ2) is 5.32. The fraction of sp³-hybridized carbons (Fsp3) is 0.533. The van der Waals surface area contributed by atoms with Crippen LogP contribution in [0.25, 0.3) is 0 Å². The number of hydrogen-bond donors (Lipinski definition) is 1. The molecule has 0 atom stereocenters. The van der Waals surface area contributed by atoms with E-state index in [4.69, 9.17) is 9.47 Å². The van der Waals surface area contributed by atoms with Crippen LogP contribution in [0.3, 0.4) is 0 Å². The van der Waals surface area contributed by atoms with Gasteiger partial charge in [0, 0.05) is 0 Å². The average molecular weight is 279 g/mol. The first-order chi connectivity index (χ1) is 9.42. The van der Waals surface area contributed by atoms with E-state index < -0.39 is 5.60 Å². The van der Waals surface area contributed by atoms with Gasteiger partial charge in [-0.3, -0.25) is 4.79 Å². The van der Waals surface area contributed by atoms with E-state index in [1.807, 2.05) is 13.8 Å². The summed E-state index contributed by atoms with van der Waals surface area (Å²) in [5.74, 6) is 0.902. The van der Waals surface area contributed by atoms with E-state index in [2.05, 4.69) is 0 Å². The molecule has 0 aliphatic carbocycles.